The Balaban J connectivity index is 1.87. The van der Waals surface area contributed by atoms with E-state index in [2.05, 4.69) is 58.2 Å². The Morgan fingerprint density at radius 3 is 2.45 bits per heavy atom. The first-order valence-electron chi connectivity index (χ1n) is 11.2. The Morgan fingerprint density at radius 2 is 1.79 bits per heavy atom. The predicted octanol–water partition coefficient (Wildman–Crippen LogP) is 7.80. The molecule has 1 aromatic heterocycles. The van der Waals surface area contributed by atoms with Crippen LogP contribution in [0, 0.1) is 0 Å². The van der Waals surface area contributed by atoms with Crippen molar-refractivity contribution in [2.24, 2.45) is 0 Å². The van der Waals surface area contributed by atoms with Crippen LogP contribution in [0.15, 0.2) is 23.6 Å². The van der Waals surface area contributed by atoms with Crippen molar-refractivity contribution in [1.82, 2.24) is 4.98 Å². The summed E-state index contributed by atoms with van der Waals surface area (Å²) in [6, 6.07) is 7.02. The number of aromatic nitrogens is 1. The molecule has 1 heterocycles. The van der Waals surface area contributed by atoms with Gasteiger partial charge in [-0.15, -0.1) is 11.3 Å². The van der Waals surface area contributed by atoms with Crippen LogP contribution < -0.4 is 0 Å². The summed E-state index contributed by atoms with van der Waals surface area (Å²) >= 11 is 1.79. The van der Waals surface area contributed by atoms with Gasteiger partial charge < -0.3 is 4.79 Å². The molecule has 1 atom stereocenters. The minimum atomic E-state index is 0.219. The number of ketones is 1. The lowest BCUT2D eigenvalue weighted by Crippen LogP contribution is -2.33. The summed E-state index contributed by atoms with van der Waals surface area (Å²) in [6.45, 7) is 13.4. The molecule has 1 aromatic carbocycles. The van der Waals surface area contributed by atoms with Crippen LogP contribution in [0.5, 0.6) is 0 Å². The van der Waals surface area contributed by atoms with Crippen LogP contribution in [0.3, 0.4) is 0 Å². The Hall–Kier alpha value is -1.48. The number of benzene rings is 1. The van der Waals surface area contributed by atoms with Crippen LogP contribution in [0.25, 0.3) is 11.3 Å². The van der Waals surface area contributed by atoms with Gasteiger partial charge in [-0.3, -0.25) is 0 Å². The zero-order chi connectivity index (χ0) is 21.2. The third-order valence-electron chi connectivity index (χ3n) is 6.74. The molecule has 2 nitrogen and oxygen atoms in total. The van der Waals surface area contributed by atoms with E-state index in [4.69, 9.17) is 4.98 Å². The second-order valence-electron chi connectivity index (χ2n) is 10.2. The highest BCUT2D eigenvalue weighted by Gasteiger charge is 2.37. The summed E-state index contributed by atoms with van der Waals surface area (Å²) in [5, 5.41) is 3.47. The highest BCUT2D eigenvalue weighted by molar-refractivity contribution is 7.10. The van der Waals surface area contributed by atoms with E-state index >= 15 is 0 Å². The third kappa shape index (κ3) is 4.99. The van der Waals surface area contributed by atoms with Crippen LogP contribution in [-0.4, -0.2) is 10.8 Å². The van der Waals surface area contributed by atoms with Crippen molar-refractivity contribution in [3.8, 4) is 11.3 Å². The first kappa shape index (κ1) is 22.2. The van der Waals surface area contributed by atoms with E-state index in [-0.39, 0.29) is 10.8 Å². The fourth-order valence-corrected chi connectivity index (χ4v) is 5.69. The van der Waals surface area contributed by atoms with Crippen molar-refractivity contribution in [2.75, 3.05) is 0 Å². The Bertz CT molecular complexity index is 861. The molecule has 0 fully saturated rings. The molecule has 3 rings (SSSR count). The third-order valence-corrected chi connectivity index (χ3v) is 7.75. The zero-order valence-corrected chi connectivity index (χ0v) is 19.9. The quantitative estimate of drug-likeness (QED) is 0.443. The van der Waals surface area contributed by atoms with Crippen LogP contribution in [0.1, 0.15) is 109 Å². The standard InChI is InChI=1S/C26H37NOS/c1-7-9-19(11-8-10-18(2)28)24-27-23(17-29-24)20-12-13-21-22(16-20)26(5,6)15-14-25(21,3)4/h12-13,16-17,19H,7-11,14-15H2,1-6H3. The van der Waals surface area contributed by atoms with Gasteiger partial charge in [0.05, 0.1) is 10.7 Å². The van der Waals surface area contributed by atoms with E-state index in [1.54, 1.807) is 18.3 Å². The fourth-order valence-electron chi connectivity index (χ4n) is 4.69. The molecule has 0 N–H and O–H groups in total. The number of fused-ring (bicyclic) bond motifs is 1. The minimum absolute atomic E-state index is 0.219. The molecule has 29 heavy (non-hydrogen) atoms. The lowest BCUT2D eigenvalue weighted by molar-refractivity contribution is -0.117. The number of hydrogen-bond acceptors (Lipinski definition) is 3. The van der Waals surface area contributed by atoms with Crippen molar-refractivity contribution in [1.29, 1.82) is 0 Å². The van der Waals surface area contributed by atoms with Gasteiger partial charge in [0.2, 0.25) is 0 Å². The molecule has 0 saturated carbocycles. The molecule has 0 bridgehead atoms. The summed E-state index contributed by atoms with van der Waals surface area (Å²) < 4.78 is 0. The first-order valence-corrected chi connectivity index (χ1v) is 12.1. The molecule has 0 saturated heterocycles. The molecule has 0 radical (unpaired) electrons. The normalized spacial score (nSPS) is 18.3. The number of rotatable bonds is 8. The lowest BCUT2D eigenvalue weighted by Gasteiger charge is -2.42. The fraction of sp³-hybridized carbons (Fsp3) is 0.615. The van der Waals surface area contributed by atoms with E-state index in [0.29, 0.717) is 18.1 Å². The van der Waals surface area contributed by atoms with Gasteiger partial charge in [0, 0.05) is 23.3 Å². The van der Waals surface area contributed by atoms with E-state index < -0.39 is 0 Å². The molecule has 2 aromatic rings. The number of carbonyl (C=O) groups excluding carboxylic acids is 1. The summed E-state index contributed by atoms with van der Waals surface area (Å²) in [6.07, 6.45) is 7.49. The predicted molar refractivity (Wildman–Crippen MR) is 125 cm³/mol. The van der Waals surface area contributed by atoms with Crippen LogP contribution in [-0.2, 0) is 15.6 Å². The maximum atomic E-state index is 11.3. The van der Waals surface area contributed by atoms with E-state index in [0.717, 1.165) is 31.4 Å². The van der Waals surface area contributed by atoms with E-state index in [1.807, 2.05) is 0 Å². The topological polar surface area (TPSA) is 30.0 Å². The summed E-state index contributed by atoms with van der Waals surface area (Å²) in [5.74, 6) is 0.769. The van der Waals surface area contributed by atoms with E-state index in [1.165, 1.54) is 34.5 Å². The van der Waals surface area contributed by atoms with Crippen molar-refractivity contribution >= 4 is 17.1 Å². The molecule has 1 aliphatic rings. The lowest BCUT2D eigenvalue weighted by atomic mass is 9.63. The zero-order valence-electron chi connectivity index (χ0n) is 19.1. The maximum Gasteiger partial charge on any atom is 0.129 e. The van der Waals surface area contributed by atoms with Gasteiger partial charge >= 0.3 is 0 Å². The van der Waals surface area contributed by atoms with Crippen LogP contribution in [0.2, 0.25) is 0 Å². The Labute approximate surface area is 181 Å². The number of nitrogens with zero attached hydrogens (tertiary/aromatic N) is 1. The number of thiazole rings is 1. The number of Topliss-reactive ketones (excluding diaryl/α,β-unsaturated/α-hetero) is 1. The first-order chi connectivity index (χ1) is 13.6. The van der Waals surface area contributed by atoms with Crippen molar-refractivity contribution in [3.63, 3.8) is 0 Å². The maximum absolute atomic E-state index is 11.3. The average Bonchev–Trinajstić information content (AvgIpc) is 3.14. The second kappa shape index (κ2) is 8.71. The van der Waals surface area contributed by atoms with Crippen LogP contribution in [0.4, 0.5) is 0 Å². The van der Waals surface area contributed by atoms with Gasteiger partial charge in [-0.1, -0.05) is 53.2 Å². The summed E-state index contributed by atoms with van der Waals surface area (Å²) in [4.78, 5) is 16.4. The average molecular weight is 412 g/mol. The molecule has 0 aliphatic heterocycles. The van der Waals surface area contributed by atoms with Gasteiger partial charge in [0.15, 0.2) is 0 Å². The highest BCUT2D eigenvalue weighted by Crippen LogP contribution is 2.47. The van der Waals surface area contributed by atoms with Gasteiger partial charge in [0.1, 0.15) is 5.78 Å². The van der Waals surface area contributed by atoms with Gasteiger partial charge in [-0.25, -0.2) is 4.98 Å². The number of carbonyl (C=O) groups is 1. The molecule has 0 amide bonds. The van der Waals surface area contributed by atoms with Crippen molar-refractivity contribution in [2.45, 2.75) is 103 Å². The van der Waals surface area contributed by atoms with Crippen molar-refractivity contribution < 1.29 is 4.79 Å². The smallest absolute Gasteiger partial charge is 0.129 e. The summed E-state index contributed by atoms with van der Waals surface area (Å²) in [5.41, 5.74) is 5.82. The second-order valence-corrected chi connectivity index (χ2v) is 11.1. The molecular formula is C26H37NOS. The molecule has 0 spiro atoms. The van der Waals surface area contributed by atoms with Gasteiger partial charge in [-0.05, 0) is 67.1 Å². The SMILES string of the molecule is CCCC(CCCC(C)=O)c1nc(-c2ccc3c(c2)C(C)(C)CCC3(C)C)cs1. The van der Waals surface area contributed by atoms with Gasteiger partial charge in [0.25, 0.3) is 0 Å². The molecule has 1 aliphatic carbocycles. The monoisotopic (exact) mass is 411 g/mol. The highest BCUT2D eigenvalue weighted by atomic mass is 32.1. The number of hydrogen-bond donors (Lipinski definition) is 0. The minimum Gasteiger partial charge on any atom is -0.300 e. The molecule has 158 valence electrons. The molecule has 3 heteroatoms. The molecule has 1 unspecified atom stereocenters. The largest absolute Gasteiger partial charge is 0.300 e. The summed E-state index contributed by atoms with van der Waals surface area (Å²) in [7, 11) is 0. The van der Waals surface area contributed by atoms with Gasteiger partial charge in [-0.2, -0.15) is 0 Å². The van der Waals surface area contributed by atoms with Crippen molar-refractivity contribution in [3.05, 3.63) is 39.7 Å². The Morgan fingerprint density at radius 1 is 1.10 bits per heavy atom. The Kier molecular flexibility index (Phi) is 6.67. The molecular weight excluding hydrogens is 374 g/mol. The van der Waals surface area contributed by atoms with Crippen LogP contribution >= 0.6 is 11.3 Å². The van der Waals surface area contributed by atoms with E-state index in [9.17, 15) is 4.79 Å².